The molecule has 0 amide bonds. The molecular weight excluding hydrogens is 210 g/mol. The number of unbranched alkanes of at least 4 members (excludes halogenated alkanes) is 2. The third-order valence-corrected chi connectivity index (χ3v) is 2.53. The van der Waals surface area contributed by atoms with E-state index in [1.165, 1.54) is 24.8 Å². The van der Waals surface area contributed by atoms with E-state index in [-0.39, 0.29) is 0 Å². The minimum Gasteiger partial charge on any atom is -0.481 e. The zero-order chi connectivity index (χ0) is 12.3. The van der Waals surface area contributed by atoms with Gasteiger partial charge in [-0.1, -0.05) is 37.8 Å². The first-order valence-corrected chi connectivity index (χ1v) is 6.22. The van der Waals surface area contributed by atoms with Crippen molar-refractivity contribution < 1.29 is 4.74 Å². The number of benzene rings is 1. The van der Waals surface area contributed by atoms with Crippen LogP contribution in [0.4, 0.5) is 0 Å². The van der Waals surface area contributed by atoms with Gasteiger partial charge in [0.25, 0.3) is 0 Å². The molecule has 0 aliphatic heterocycles. The van der Waals surface area contributed by atoms with Gasteiger partial charge in [0.05, 0.1) is 0 Å². The largest absolute Gasteiger partial charge is 0.481 e. The first-order chi connectivity index (χ1) is 8.36. The van der Waals surface area contributed by atoms with Crippen molar-refractivity contribution in [2.24, 2.45) is 0 Å². The van der Waals surface area contributed by atoms with E-state index in [0.717, 1.165) is 18.8 Å². The fraction of sp³-hybridized carbons (Fsp3) is 0.467. The summed E-state index contributed by atoms with van der Waals surface area (Å²) in [7, 11) is 0. The maximum atomic E-state index is 5.31. The summed E-state index contributed by atoms with van der Waals surface area (Å²) >= 11 is 0. The first-order valence-electron chi connectivity index (χ1n) is 6.22. The predicted octanol–water partition coefficient (Wildman–Crippen LogP) is 2.98. The average molecular weight is 231 g/mol. The third-order valence-electron chi connectivity index (χ3n) is 2.53. The molecule has 2 nitrogen and oxygen atoms in total. The van der Waals surface area contributed by atoms with E-state index >= 15 is 0 Å². The minimum absolute atomic E-state index is 0.328. The predicted molar refractivity (Wildman–Crippen MR) is 72.0 cm³/mol. The number of ether oxygens (including phenoxy) is 1. The van der Waals surface area contributed by atoms with Crippen molar-refractivity contribution in [3.63, 3.8) is 0 Å². The summed E-state index contributed by atoms with van der Waals surface area (Å²) in [6.45, 7) is 4.55. The number of nitrogens with one attached hydrogen (secondary N) is 1. The van der Waals surface area contributed by atoms with E-state index in [1.54, 1.807) is 0 Å². The Morgan fingerprint density at radius 1 is 1.24 bits per heavy atom. The number of hydrogen-bond donors (Lipinski definition) is 1. The highest BCUT2D eigenvalue weighted by Gasteiger charge is 1.95. The van der Waals surface area contributed by atoms with Gasteiger partial charge < -0.3 is 10.1 Å². The fourth-order valence-corrected chi connectivity index (χ4v) is 1.56. The molecule has 0 fully saturated rings. The molecule has 92 valence electrons. The molecule has 0 saturated heterocycles. The fourth-order valence-electron chi connectivity index (χ4n) is 1.56. The van der Waals surface area contributed by atoms with Crippen molar-refractivity contribution in [3.8, 4) is 18.1 Å². The first kappa shape index (κ1) is 13.6. The lowest BCUT2D eigenvalue weighted by molar-refractivity contribution is 0.370. The standard InChI is InChI=1S/C15H21NO/c1-3-5-6-11-16-13-14-7-9-15(10-8-14)17-12-4-2/h2,7-10,16H,3,5-6,11-13H2,1H3. The zero-order valence-electron chi connectivity index (χ0n) is 10.5. The van der Waals surface area contributed by atoms with Gasteiger partial charge in [-0.3, -0.25) is 0 Å². The lowest BCUT2D eigenvalue weighted by atomic mass is 10.2. The monoisotopic (exact) mass is 231 g/mol. The summed E-state index contributed by atoms with van der Waals surface area (Å²) in [5.74, 6) is 3.28. The molecule has 0 bridgehead atoms. The minimum atomic E-state index is 0.328. The van der Waals surface area contributed by atoms with E-state index in [0.29, 0.717) is 6.61 Å². The average Bonchev–Trinajstić information content (AvgIpc) is 2.37. The van der Waals surface area contributed by atoms with Crippen molar-refractivity contribution >= 4 is 0 Å². The molecule has 1 N–H and O–H groups in total. The van der Waals surface area contributed by atoms with Crippen LogP contribution in [0, 0.1) is 12.3 Å². The molecule has 0 unspecified atom stereocenters. The highest BCUT2D eigenvalue weighted by Crippen LogP contribution is 2.11. The Balaban J connectivity index is 2.23. The van der Waals surface area contributed by atoms with Crippen molar-refractivity contribution in [2.45, 2.75) is 32.7 Å². The topological polar surface area (TPSA) is 21.3 Å². The Hall–Kier alpha value is -1.46. The molecular formula is C15H21NO. The van der Waals surface area contributed by atoms with Gasteiger partial charge in [-0.25, -0.2) is 0 Å². The lowest BCUT2D eigenvalue weighted by Crippen LogP contribution is -2.14. The summed E-state index contributed by atoms with van der Waals surface area (Å²) in [6.07, 6.45) is 8.94. The van der Waals surface area contributed by atoms with Gasteiger partial charge in [-0.05, 0) is 30.7 Å². The summed E-state index contributed by atoms with van der Waals surface area (Å²) in [4.78, 5) is 0. The van der Waals surface area contributed by atoms with Crippen molar-refractivity contribution in [3.05, 3.63) is 29.8 Å². The Morgan fingerprint density at radius 2 is 2.00 bits per heavy atom. The van der Waals surface area contributed by atoms with Gasteiger partial charge in [0.1, 0.15) is 12.4 Å². The number of hydrogen-bond acceptors (Lipinski definition) is 2. The Kier molecular flexibility index (Phi) is 6.93. The summed E-state index contributed by atoms with van der Waals surface area (Å²) in [5, 5.41) is 3.43. The molecule has 1 aromatic carbocycles. The van der Waals surface area contributed by atoms with Gasteiger partial charge in [0.15, 0.2) is 0 Å². The van der Waals surface area contributed by atoms with E-state index < -0.39 is 0 Å². The van der Waals surface area contributed by atoms with E-state index in [4.69, 9.17) is 11.2 Å². The van der Waals surface area contributed by atoms with Crippen LogP contribution in [-0.2, 0) is 6.54 Å². The lowest BCUT2D eigenvalue weighted by Gasteiger charge is -2.06. The van der Waals surface area contributed by atoms with Crippen molar-refractivity contribution in [2.75, 3.05) is 13.2 Å². The molecule has 0 radical (unpaired) electrons. The van der Waals surface area contributed by atoms with Crippen LogP contribution in [0.3, 0.4) is 0 Å². The van der Waals surface area contributed by atoms with Crippen LogP contribution in [0.15, 0.2) is 24.3 Å². The Labute approximate surface area is 104 Å². The highest BCUT2D eigenvalue weighted by atomic mass is 16.5. The van der Waals surface area contributed by atoms with Gasteiger partial charge in [0, 0.05) is 6.54 Å². The highest BCUT2D eigenvalue weighted by molar-refractivity contribution is 5.27. The SMILES string of the molecule is C#CCOc1ccc(CNCCCCC)cc1. The van der Waals surface area contributed by atoms with Crippen molar-refractivity contribution in [1.82, 2.24) is 5.32 Å². The Morgan fingerprint density at radius 3 is 2.65 bits per heavy atom. The third kappa shape index (κ3) is 5.99. The summed E-state index contributed by atoms with van der Waals surface area (Å²) in [6, 6.07) is 8.05. The van der Waals surface area contributed by atoms with Crippen LogP contribution in [0.5, 0.6) is 5.75 Å². The van der Waals surface area contributed by atoms with Gasteiger partial charge in [-0.2, -0.15) is 0 Å². The van der Waals surface area contributed by atoms with Crippen LogP contribution in [-0.4, -0.2) is 13.2 Å². The maximum Gasteiger partial charge on any atom is 0.148 e. The number of rotatable bonds is 8. The number of terminal acetylenes is 1. The van der Waals surface area contributed by atoms with Crippen LogP contribution < -0.4 is 10.1 Å². The van der Waals surface area contributed by atoms with E-state index in [9.17, 15) is 0 Å². The van der Waals surface area contributed by atoms with Crippen LogP contribution in [0.2, 0.25) is 0 Å². The summed E-state index contributed by atoms with van der Waals surface area (Å²) < 4.78 is 5.31. The molecule has 0 saturated carbocycles. The molecule has 2 heteroatoms. The second-order valence-corrected chi connectivity index (χ2v) is 4.02. The summed E-state index contributed by atoms with van der Waals surface area (Å²) in [5.41, 5.74) is 1.27. The molecule has 0 aromatic heterocycles. The molecule has 0 heterocycles. The van der Waals surface area contributed by atoms with Crippen LogP contribution in [0.25, 0.3) is 0 Å². The molecule has 0 aliphatic carbocycles. The van der Waals surface area contributed by atoms with Gasteiger partial charge >= 0.3 is 0 Å². The van der Waals surface area contributed by atoms with E-state index in [1.807, 2.05) is 12.1 Å². The van der Waals surface area contributed by atoms with Crippen LogP contribution in [0.1, 0.15) is 31.7 Å². The smallest absolute Gasteiger partial charge is 0.148 e. The van der Waals surface area contributed by atoms with Gasteiger partial charge in [-0.15, -0.1) is 6.42 Å². The normalized spacial score (nSPS) is 9.88. The molecule has 1 rings (SSSR count). The van der Waals surface area contributed by atoms with E-state index in [2.05, 4.69) is 30.3 Å². The molecule has 1 aromatic rings. The van der Waals surface area contributed by atoms with Crippen LogP contribution >= 0.6 is 0 Å². The molecule has 0 aliphatic rings. The second kappa shape index (κ2) is 8.66. The van der Waals surface area contributed by atoms with Gasteiger partial charge in [0.2, 0.25) is 0 Å². The zero-order valence-corrected chi connectivity index (χ0v) is 10.5. The molecule has 0 spiro atoms. The molecule has 17 heavy (non-hydrogen) atoms. The quantitative estimate of drug-likeness (QED) is 0.548. The second-order valence-electron chi connectivity index (χ2n) is 4.02. The van der Waals surface area contributed by atoms with Crippen molar-refractivity contribution in [1.29, 1.82) is 0 Å². The molecule has 0 atom stereocenters. The Bertz CT molecular complexity index is 337. The maximum absolute atomic E-state index is 5.31.